The molecule has 0 saturated carbocycles. The summed E-state index contributed by atoms with van der Waals surface area (Å²) in [5.74, 6) is -0.994. The fourth-order valence-corrected chi connectivity index (χ4v) is 2.46. The third-order valence-corrected chi connectivity index (χ3v) is 3.45. The molecule has 7 heteroatoms. The van der Waals surface area contributed by atoms with Gasteiger partial charge in [0.1, 0.15) is 0 Å². The number of hydrogen-bond donors (Lipinski definition) is 0. The lowest BCUT2D eigenvalue weighted by molar-refractivity contribution is 0.0520. The van der Waals surface area contributed by atoms with Gasteiger partial charge in [-0.25, -0.2) is 14.6 Å². The third-order valence-electron chi connectivity index (χ3n) is 2.60. The van der Waals surface area contributed by atoms with Gasteiger partial charge in [0.05, 0.1) is 24.7 Å². The van der Waals surface area contributed by atoms with Crippen LogP contribution in [0.15, 0.2) is 21.6 Å². The summed E-state index contributed by atoms with van der Waals surface area (Å²) in [5.41, 5.74) is 0.631. The van der Waals surface area contributed by atoms with E-state index in [1.807, 2.05) is 6.26 Å². The van der Waals surface area contributed by atoms with Crippen LogP contribution < -0.4 is 0 Å². The van der Waals surface area contributed by atoms with Gasteiger partial charge in [-0.05, 0) is 13.2 Å². The monoisotopic (exact) mass is 295 g/mol. The zero-order valence-corrected chi connectivity index (χ0v) is 12.1. The van der Waals surface area contributed by atoms with E-state index in [1.165, 1.54) is 31.1 Å². The maximum atomic E-state index is 11.9. The Morgan fingerprint density at radius 2 is 2.15 bits per heavy atom. The zero-order valence-electron chi connectivity index (χ0n) is 11.3. The van der Waals surface area contributed by atoms with E-state index < -0.39 is 11.9 Å². The first-order valence-electron chi connectivity index (χ1n) is 5.84. The largest absolute Gasteiger partial charge is 0.463 e. The Morgan fingerprint density at radius 1 is 1.40 bits per heavy atom. The van der Waals surface area contributed by atoms with Crippen molar-refractivity contribution in [2.24, 2.45) is 0 Å². The van der Waals surface area contributed by atoms with Crippen molar-refractivity contribution in [3.63, 3.8) is 0 Å². The summed E-state index contributed by atoms with van der Waals surface area (Å²) in [6.45, 7) is 2.01. The third kappa shape index (κ3) is 2.49. The van der Waals surface area contributed by atoms with Gasteiger partial charge in [-0.2, -0.15) is 0 Å². The molecule has 0 spiro atoms. The van der Waals surface area contributed by atoms with E-state index in [-0.39, 0.29) is 18.1 Å². The first-order valence-corrected chi connectivity index (χ1v) is 7.06. The topological polar surface area (TPSA) is 78.6 Å². The van der Waals surface area contributed by atoms with E-state index in [2.05, 4.69) is 9.72 Å². The second kappa shape index (κ2) is 5.96. The number of ether oxygens (including phenoxy) is 2. The van der Waals surface area contributed by atoms with Gasteiger partial charge >= 0.3 is 11.9 Å². The van der Waals surface area contributed by atoms with Crippen LogP contribution in [0.25, 0.3) is 11.1 Å². The van der Waals surface area contributed by atoms with Gasteiger partial charge < -0.3 is 13.9 Å². The molecule has 0 N–H and O–H groups in total. The predicted molar refractivity (Wildman–Crippen MR) is 73.1 cm³/mol. The zero-order chi connectivity index (χ0) is 14.7. The number of nitrogens with zero attached hydrogens (tertiary/aromatic N) is 1. The summed E-state index contributed by atoms with van der Waals surface area (Å²) < 4.78 is 14.9. The van der Waals surface area contributed by atoms with Crippen molar-refractivity contribution < 1.29 is 23.5 Å². The first kappa shape index (κ1) is 14.4. The Morgan fingerprint density at radius 3 is 2.75 bits per heavy atom. The Kier molecular flexibility index (Phi) is 4.29. The second-order valence-electron chi connectivity index (χ2n) is 3.75. The van der Waals surface area contributed by atoms with Crippen molar-refractivity contribution in [2.75, 3.05) is 20.0 Å². The van der Waals surface area contributed by atoms with Crippen LogP contribution in [0.4, 0.5) is 0 Å². The van der Waals surface area contributed by atoms with Crippen molar-refractivity contribution in [1.29, 1.82) is 0 Å². The Hall–Kier alpha value is -2.02. The van der Waals surface area contributed by atoms with Crippen molar-refractivity contribution in [3.8, 4) is 0 Å². The minimum Gasteiger partial charge on any atom is -0.463 e. The minimum atomic E-state index is -0.590. The molecular formula is C13H13NO5S. The number of carbonyl (C=O) groups excluding carboxylic acids is 2. The van der Waals surface area contributed by atoms with Crippen molar-refractivity contribution in [3.05, 3.63) is 23.6 Å². The number of furan rings is 1. The van der Waals surface area contributed by atoms with Crippen LogP contribution in [0.5, 0.6) is 0 Å². The molecule has 2 aromatic rings. The molecule has 0 atom stereocenters. The number of fused-ring (bicyclic) bond motifs is 1. The number of thioether (sulfide) groups is 1. The van der Waals surface area contributed by atoms with Crippen LogP contribution in [-0.2, 0) is 9.47 Å². The number of esters is 2. The summed E-state index contributed by atoms with van der Waals surface area (Å²) in [5, 5.41) is 0.587. The highest BCUT2D eigenvalue weighted by Gasteiger charge is 2.21. The SMILES string of the molecule is CCOC(=O)c1cnc2oc(C(=O)OC)cc2c1SC. The number of methoxy groups -OCH3 is 1. The summed E-state index contributed by atoms with van der Waals surface area (Å²) in [7, 11) is 1.27. The number of hydrogen-bond acceptors (Lipinski definition) is 7. The van der Waals surface area contributed by atoms with Crippen LogP contribution in [-0.4, -0.2) is 36.9 Å². The molecule has 0 unspecified atom stereocenters. The molecule has 0 aliphatic heterocycles. The molecule has 20 heavy (non-hydrogen) atoms. The molecule has 0 saturated heterocycles. The lowest BCUT2D eigenvalue weighted by atomic mass is 10.2. The number of pyridine rings is 1. The molecule has 2 heterocycles. The average Bonchev–Trinajstić information content (AvgIpc) is 2.89. The molecule has 106 valence electrons. The summed E-state index contributed by atoms with van der Waals surface area (Å²) >= 11 is 1.36. The van der Waals surface area contributed by atoms with E-state index in [0.717, 1.165) is 0 Å². The second-order valence-corrected chi connectivity index (χ2v) is 4.56. The summed E-state index contributed by atoms with van der Waals surface area (Å²) in [6, 6.07) is 1.52. The average molecular weight is 295 g/mol. The normalized spacial score (nSPS) is 10.6. The molecule has 0 fully saturated rings. The maximum absolute atomic E-state index is 11.9. The highest BCUT2D eigenvalue weighted by Crippen LogP contribution is 2.31. The molecule has 6 nitrogen and oxygen atoms in total. The lowest BCUT2D eigenvalue weighted by Crippen LogP contribution is -2.06. The molecule has 0 bridgehead atoms. The number of aromatic nitrogens is 1. The molecule has 2 aromatic heterocycles. The highest BCUT2D eigenvalue weighted by atomic mass is 32.2. The molecule has 2 rings (SSSR count). The molecule has 0 aromatic carbocycles. The summed E-state index contributed by atoms with van der Waals surface area (Å²) in [6.07, 6.45) is 3.21. The van der Waals surface area contributed by atoms with Crippen LogP contribution >= 0.6 is 11.8 Å². The Bertz CT molecular complexity index is 664. The van der Waals surface area contributed by atoms with E-state index in [1.54, 1.807) is 6.92 Å². The van der Waals surface area contributed by atoms with Gasteiger partial charge in [0.2, 0.25) is 11.5 Å². The van der Waals surface area contributed by atoms with E-state index in [0.29, 0.717) is 15.8 Å². The van der Waals surface area contributed by atoms with E-state index in [9.17, 15) is 9.59 Å². The smallest absolute Gasteiger partial charge is 0.374 e. The first-order chi connectivity index (χ1) is 9.62. The van der Waals surface area contributed by atoms with Gasteiger partial charge in [-0.1, -0.05) is 0 Å². The molecule has 0 aliphatic rings. The van der Waals surface area contributed by atoms with Crippen molar-refractivity contribution >= 4 is 34.8 Å². The van der Waals surface area contributed by atoms with E-state index in [4.69, 9.17) is 9.15 Å². The van der Waals surface area contributed by atoms with Crippen molar-refractivity contribution in [1.82, 2.24) is 4.98 Å². The van der Waals surface area contributed by atoms with Crippen LogP contribution in [0.1, 0.15) is 27.8 Å². The predicted octanol–water partition coefficient (Wildman–Crippen LogP) is 2.51. The molecular weight excluding hydrogens is 282 g/mol. The van der Waals surface area contributed by atoms with Crippen LogP contribution in [0.2, 0.25) is 0 Å². The van der Waals surface area contributed by atoms with Crippen LogP contribution in [0.3, 0.4) is 0 Å². The van der Waals surface area contributed by atoms with Gasteiger partial charge in [-0.3, -0.25) is 0 Å². The fraction of sp³-hybridized carbons (Fsp3) is 0.308. The Labute approximate surface area is 119 Å². The van der Waals surface area contributed by atoms with Crippen LogP contribution in [0, 0.1) is 0 Å². The quantitative estimate of drug-likeness (QED) is 0.633. The number of rotatable bonds is 4. The van der Waals surface area contributed by atoms with E-state index >= 15 is 0 Å². The van der Waals surface area contributed by atoms with Gasteiger partial charge in [0, 0.05) is 17.2 Å². The molecule has 0 aliphatic carbocycles. The fourth-order valence-electron chi connectivity index (χ4n) is 1.74. The molecule has 0 radical (unpaired) electrons. The Balaban J connectivity index is 2.58. The molecule has 0 amide bonds. The van der Waals surface area contributed by atoms with Gasteiger partial charge in [0.25, 0.3) is 0 Å². The maximum Gasteiger partial charge on any atom is 0.374 e. The number of carbonyl (C=O) groups is 2. The lowest BCUT2D eigenvalue weighted by Gasteiger charge is -2.06. The minimum absolute atomic E-state index is 0.0475. The standard InChI is InChI=1S/C13H13NO5S/c1-4-18-12(15)8-6-14-11-7(10(8)20-3)5-9(19-11)13(16)17-2/h5-6H,4H2,1-3H3. The summed E-state index contributed by atoms with van der Waals surface area (Å²) in [4.78, 5) is 28.0. The van der Waals surface area contributed by atoms with Crippen molar-refractivity contribution in [2.45, 2.75) is 11.8 Å². The highest BCUT2D eigenvalue weighted by molar-refractivity contribution is 7.99. The van der Waals surface area contributed by atoms with Gasteiger partial charge in [-0.15, -0.1) is 11.8 Å². The van der Waals surface area contributed by atoms with Gasteiger partial charge in [0.15, 0.2) is 0 Å².